The van der Waals surface area contributed by atoms with Crippen molar-refractivity contribution in [3.05, 3.63) is 59.7 Å². The Labute approximate surface area is 145 Å². The zero-order chi connectivity index (χ0) is 17.7. The first-order chi connectivity index (χ1) is 11.3. The Morgan fingerprint density at radius 1 is 1.04 bits per heavy atom. The van der Waals surface area contributed by atoms with E-state index in [0.29, 0.717) is 4.90 Å². The second-order valence-electron chi connectivity index (χ2n) is 6.10. The largest absolute Gasteiger partial charge is 0.497 e. The van der Waals surface area contributed by atoms with Crippen molar-refractivity contribution in [3.63, 3.8) is 0 Å². The lowest BCUT2D eigenvalue weighted by Gasteiger charge is -2.25. The highest BCUT2D eigenvalue weighted by atomic mass is 32.2. The lowest BCUT2D eigenvalue weighted by atomic mass is 10.1. The summed E-state index contributed by atoms with van der Waals surface area (Å²) in [4.78, 5) is 2.62. The third-order valence-corrected chi connectivity index (χ3v) is 5.49. The van der Waals surface area contributed by atoms with Crippen LogP contribution in [0, 0.1) is 0 Å². The van der Waals surface area contributed by atoms with Gasteiger partial charge in [-0.15, -0.1) is 0 Å². The highest BCUT2D eigenvalue weighted by Crippen LogP contribution is 2.21. The van der Waals surface area contributed by atoms with E-state index >= 15 is 0 Å². The van der Waals surface area contributed by atoms with Crippen molar-refractivity contribution in [3.8, 4) is 5.75 Å². The van der Waals surface area contributed by atoms with E-state index < -0.39 is 9.84 Å². The van der Waals surface area contributed by atoms with Gasteiger partial charge in [0, 0.05) is 18.8 Å². The molecule has 2 aromatic carbocycles. The molecule has 0 radical (unpaired) electrons. The zero-order valence-electron chi connectivity index (χ0n) is 14.7. The maximum Gasteiger partial charge on any atom is 0.175 e. The zero-order valence-corrected chi connectivity index (χ0v) is 15.5. The smallest absolute Gasteiger partial charge is 0.175 e. The fourth-order valence-corrected chi connectivity index (χ4v) is 3.17. The molecule has 0 bridgehead atoms. The van der Waals surface area contributed by atoms with Gasteiger partial charge in [-0.3, -0.25) is 4.90 Å². The molecule has 2 rings (SSSR count). The molecule has 0 amide bonds. The SMILES string of the molecule is COc1ccc(CCN(C)[C@@H](C)c2ccc(S(C)(=O)=O)cc2)cc1. The van der Waals surface area contributed by atoms with Crippen LogP contribution in [0.1, 0.15) is 24.1 Å². The first-order valence-corrected chi connectivity index (χ1v) is 9.83. The molecule has 0 N–H and O–H groups in total. The van der Waals surface area contributed by atoms with E-state index in [2.05, 4.69) is 31.0 Å². The van der Waals surface area contributed by atoms with Crippen LogP contribution < -0.4 is 4.74 Å². The third kappa shape index (κ3) is 4.82. The summed E-state index contributed by atoms with van der Waals surface area (Å²) in [5.74, 6) is 0.867. The summed E-state index contributed by atoms with van der Waals surface area (Å²) in [6.07, 6.45) is 2.18. The first kappa shape index (κ1) is 18.5. The molecule has 1 atom stereocenters. The molecule has 2 aromatic rings. The summed E-state index contributed by atoms with van der Waals surface area (Å²) in [5, 5.41) is 0. The van der Waals surface area contributed by atoms with Gasteiger partial charge >= 0.3 is 0 Å². The fourth-order valence-electron chi connectivity index (χ4n) is 2.54. The van der Waals surface area contributed by atoms with E-state index in [-0.39, 0.29) is 6.04 Å². The first-order valence-electron chi connectivity index (χ1n) is 7.94. The molecular formula is C19H25NO3S. The molecule has 24 heavy (non-hydrogen) atoms. The van der Waals surface area contributed by atoms with Gasteiger partial charge in [-0.1, -0.05) is 24.3 Å². The number of methoxy groups -OCH3 is 1. The number of sulfone groups is 1. The number of rotatable bonds is 7. The molecular weight excluding hydrogens is 322 g/mol. The molecule has 0 aliphatic rings. The average Bonchev–Trinajstić information content (AvgIpc) is 2.58. The van der Waals surface area contributed by atoms with Crippen molar-refractivity contribution in [2.24, 2.45) is 0 Å². The molecule has 0 spiro atoms. The van der Waals surface area contributed by atoms with Crippen LogP contribution in [-0.4, -0.2) is 40.3 Å². The van der Waals surface area contributed by atoms with Gasteiger partial charge in [-0.05, 0) is 55.8 Å². The molecule has 0 aromatic heterocycles. The van der Waals surface area contributed by atoms with Crippen LogP contribution in [0.3, 0.4) is 0 Å². The Bertz CT molecular complexity index is 752. The summed E-state index contributed by atoms with van der Waals surface area (Å²) >= 11 is 0. The van der Waals surface area contributed by atoms with Crippen molar-refractivity contribution in [2.75, 3.05) is 27.0 Å². The summed E-state index contributed by atoms with van der Waals surface area (Å²) in [5.41, 5.74) is 2.38. The quantitative estimate of drug-likeness (QED) is 0.771. The molecule has 0 aliphatic carbocycles. The number of benzene rings is 2. The van der Waals surface area contributed by atoms with Gasteiger partial charge in [-0.2, -0.15) is 0 Å². The molecule has 130 valence electrons. The highest BCUT2D eigenvalue weighted by molar-refractivity contribution is 7.90. The van der Waals surface area contributed by atoms with Crippen molar-refractivity contribution in [1.82, 2.24) is 4.90 Å². The van der Waals surface area contributed by atoms with Crippen LogP contribution in [0.4, 0.5) is 0 Å². The Morgan fingerprint density at radius 3 is 2.12 bits per heavy atom. The number of likely N-dealkylation sites (N-methyl/N-ethyl adjacent to an activating group) is 1. The Hall–Kier alpha value is -1.85. The monoisotopic (exact) mass is 347 g/mol. The molecule has 4 nitrogen and oxygen atoms in total. The van der Waals surface area contributed by atoms with E-state index in [0.717, 1.165) is 24.3 Å². The molecule has 0 unspecified atom stereocenters. The molecule has 0 fully saturated rings. The van der Waals surface area contributed by atoms with Crippen LogP contribution >= 0.6 is 0 Å². The van der Waals surface area contributed by atoms with Crippen LogP contribution in [0.5, 0.6) is 5.75 Å². The van der Waals surface area contributed by atoms with Crippen molar-refractivity contribution < 1.29 is 13.2 Å². The summed E-state index contributed by atoms with van der Waals surface area (Å²) in [7, 11) is 0.607. The number of hydrogen-bond acceptors (Lipinski definition) is 4. The minimum Gasteiger partial charge on any atom is -0.497 e. The standard InChI is InChI=1S/C19H25NO3S/c1-15(17-7-11-19(12-8-17)24(4,21)22)20(2)14-13-16-5-9-18(23-3)10-6-16/h5-12,15H,13-14H2,1-4H3/t15-/m0/s1. The Kier molecular flexibility index (Phi) is 6.02. The van der Waals surface area contributed by atoms with Gasteiger partial charge in [0.15, 0.2) is 9.84 Å². The second kappa shape index (κ2) is 7.81. The maximum absolute atomic E-state index is 11.5. The van der Waals surface area contributed by atoms with Gasteiger partial charge < -0.3 is 4.74 Å². The summed E-state index contributed by atoms with van der Waals surface area (Å²) < 4.78 is 28.2. The van der Waals surface area contributed by atoms with E-state index in [4.69, 9.17) is 4.74 Å². The molecule has 0 saturated carbocycles. The van der Waals surface area contributed by atoms with E-state index in [1.54, 1.807) is 19.2 Å². The number of ether oxygens (including phenoxy) is 1. The molecule has 0 saturated heterocycles. The normalized spacial score (nSPS) is 13.0. The average molecular weight is 347 g/mol. The number of hydrogen-bond donors (Lipinski definition) is 0. The van der Waals surface area contributed by atoms with Crippen molar-refractivity contribution >= 4 is 9.84 Å². The van der Waals surface area contributed by atoms with Crippen LogP contribution in [0.2, 0.25) is 0 Å². The minimum atomic E-state index is -3.14. The molecule has 0 aliphatic heterocycles. The lowest BCUT2D eigenvalue weighted by Crippen LogP contribution is -2.24. The maximum atomic E-state index is 11.5. The summed E-state index contributed by atoms with van der Waals surface area (Å²) in [6, 6.07) is 15.5. The van der Waals surface area contributed by atoms with Crippen LogP contribution in [0.15, 0.2) is 53.4 Å². The van der Waals surface area contributed by atoms with Gasteiger partial charge in [0.05, 0.1) is 12.0 Å². The Balaban J connectivity index is 1.97. The van der Waals surface area contributed by atoms with Crippen LogP contribution in [0.25, 0.3) is 0 Å². The van der Waals surface area contributed by atoms with E-state index in [1.165, 1.54) is 11.8 Å². The van der Waals surface area contributed by atoms with Gasteiger partial charge in [-0.25, -0.2) is 8.42 Å². The second-order valence-corrected chi connectivity index (χ2v) is 8.11. The predicted octanol–water partition coefficient (Wildman–Crippen LogP) is 3.33. The fraction of sp³-hybridized carbons (Fsp3) is 0.368. The number of nitrogens with zero attached hydrogens (tertiary/aromatic N) is 1. The molecule has 5 heteroatoms. The van der Waals surface area contributed by atoms with Gasteiger partial charge in [0.2, 0.25) is 0 Å². The summed E-state index contributed by atoms with van der Waals surface area (Å²) in [6.45, 7) is 3.05. The van der Waals surface area contributed by atoms with Crippen LogP contribution in [-0.2, 0) is 16.3 Å². The predicted molar refractivity (Wildman–Crippen MR) is 97.3 cm³/mol. The molecule has 0 heterocycles. The topological polar surface area (TPSA) is 46.6 Å². The van der Waals surface area contributed by atoms with Crippen molar-refractivity contribution in [1.29, 1.82) is 0 Å². The van der Waals surface area contributed by atoms with E-state index in [9.17, 15) is 8.42 Å². The van der Waals surface area contributed by atoms with E-state index in [1.807, 2.05) is 24.3 Å². The lowest BCUT2D eigenvalue weighted by molar-refractivity contribution is 0.265. The Morgan fingerprint density at radius 2 is 1.62 bits per heavy atom. The van der Waals surface area contributed by atoms with Gasteiger partial charge in [0.25, 0.3) is 0 Å². The highest BCUT2D eigenvalue weighted by Gasteiger charge is 2.13. The minimum absolute atomic E-state index is 0.219. The van der Waals surface area contributed by atoms with Gasteiger partial charge in [0.1, 0.15) is 5.75 Å². The van der Waals surface area contributed by atoms with Crippen molar-refractivity contribution in [2.45, 2.75) is 24.3 Å². The third-order valence-electron chi connectivity index (χ3n) is 4.36.